The Kier molecular flexibility index (Phi) is 4.14. The van der Waals surface area contributed by atoms with Gasteiger partial charge in [0.2, 0.25) is 0 Å². The molecule has 92 valence electrons. The molecule has 0 heterocycles. The highest BCUT2D eigenvalue weighted by Crippen LogP contribution is 2.18. The second-order valence-corrected chi connectivity index (χ2v) is 5.20. The number of nitrogens with one attached hydrogen (secondary N) is 1. The van der Waals surface area contributed by atoms with Gasteiger partial charge in [-0.2, -0.15) is 5.26 Å². The van der Waals surface area contributed by atoms with Crippen LogP contribution in [-0.2, 0) is 0 Å². The molecule has 1 aromatic rings. The molecule has 1 rings (SSSR count). The van der Waals surface area contributed by atoms with Crippen LogP contribution < -0.4 is 5.32 Å². The van der Waals surface area contributed by atoms with Gasteiger partial charge in [0.25, 0.3) is 0 Å². The summed E-state index contributed by atoms with van der Waals surface area (Å²) < 4.78 is 0. The zero-order valence-electron chi connectivity index (χ0n) is 11.3. The zero-order chi connectivity index (χ0) is 13.1. The van der Waals surface area contributed by atoms with E-state index in [0.29, 0.717) is 5.56 Å². The first kappa shape index (κ1) is 13.5. The fraction of sp³-hybridized carbons (Fsp3) is 0.500. The van der Waals surface area contributed by atoms with Gasteiger partial charge in [0.05, 0.1) is 11.6 Å². The van der Waals surface area contributed by atoms with Gasteiger partial charge in [-0.25, -0.2) is 0 Å². The van der Waals surface area contributed by atoms with E-state index in [-0.39, 0.29) is 5.54 Å². The first-order valence-corrected chi connectivity index (χ1v) is 5.79. The van der Waals surface area contributed by atoms with Crippen molar-refractivity contribution in [1.82, 2.24) is 4.90 Å². The number of benzene rings is 1. The summed E-state index contributed by atoms with van der Waals surface area (Å²) in [6.45, 7) is 7.27. The number of anilines is 1. The Bertz CT molecular complexity index is 428. The number of hydrogen-bond donors (Lipinski definition) is 1. The minimum absolute atomic E-state index is 0.0976. The van der Waals surface area contributed by atoms with Gasteiger partial charge in [-0.3, -0.25) is 0 Å². The Morgan fingerprint density at radius 2 is 2.00 bits per heavy atom. The van der Waals surface area contributed by atoms with E-state index >= 15 is 0 Å². The molecular weight excluding hydrogens is 210 g/mol. The van der Waals surface area contributed by atoms with Gasteiger partial charge in [0.15, 0.2) is 0 Å². The Morgan fingerprint density at radius 1 is 1.35 bits per heavy atom. The second-order valence-electron chi connectivity index (χ2n) is 5.20. The highest BCUT2D eigenvalue weighted by molar-refractivity contribution is 5.54. The third-order valence-electron chi connectivity index (χ3n) is 3.28. The van der Waals surface area contributed by atoms with Gasteiger partial charge in [0, 0.05) is 17.8 Å². The lowest BCUT2D eigenvalue weighted by Gasteiger charge is -2.33. The molecule has 17 heavy (non-hydrogen) atoms. The average Bonchev–Trinajstić information content (AvgIpc) is 2.27. The van der Waals surface area contributed by atoms with Crippen LogP contribution in [0.5, 0.6) is 0 Å². The van der Waals surface area contributed by atoms with Crippen LogP contribution in [-0.4, -0.2) is 31.1 Å². The average molecular weight is 231 g/mol. The number of likely N-dealkylation sites (N-methyl/N-ethyl adjacent to an activating group) is 1. The SMILES string of the molecule is Cc1cc(C#N)ccc1NCC(C)(C)N(C)C. The molecule has 3 heteroatoms. The Hall–Kier alpha value is -1.53. The number of hydrogen-bond acceptors (Lipinski definition) is 3. The zero-order valence-corrected chi connectivity index (χ0v) is 11.3. The Balaban J connectivity index is 2.74. The smallest absolute Gasteiger partial charge is 0.0991 e. The molecule has 3 nitrogen and oxygen atoms in total. The molecule has 0 unspecified atom stereocenters. The fourth-order valence-corrected chi connectivity index (χ4v) is 1.40. The molecule has 0 aliphatic carbocycles. The largest absolute Gasteiger partial charge is 0.383 e. The molecule has 1 N–H and O–H groups in total. The summed E-state index contributed by atoms with van der Waals surface area (Å²) in [5.41, 5.74) is 3.01. The van der Waals surface area contributed by atoms with E-state index in [0.717, 1.165) is 17.8 Å². The molecule has 0 aromatic heterocycles. The topological polar surface area (TPSA) is 39.1 Å². The molecular formula is C14H21N3. The summed E-state index contributed by atoms with van der Waals surface area (Å²) in [7, 11) is 4.15. The lowest BCUT2D eigenvalue weighted by molar-refractivity contribution is 0.210. The number of rotatable bonds is 4. The monoisotopic (exact) mass is 231 g/mol. The van der Waals surface area contributed by atoms with Crippen molar-refractivity contribution >= 4 is 5.69 Å². The van der Waals surface area contributed by atoms with Gasteiger partial charge >= 0.3 is 0 Å². The number of nitriles is 1. The maximum atomic E-state index is 8.81. The second kappa shape index (κ2) is 5.20. The predicted molar refractivity (Wildman–Crippen MR) is 72.1 cm³/mol. The highest BCUT2D eigenvalue weighted by atomic mass is 15.2. The van der Waals surface area contributed by atoms with Crippen molar-refractivity contribution in [3.05, 3.63) is 29.3 Å². The van der Waals surface area contributed by atoms with Crippen molar-refractivity contribution in [3.8, 4) is 6.07 Å². The van der Waals surface area contributed by atoms with E-state index < -0.39 is 0 Å². The van der Waals surface area contributed by atoms with Gasteiger partial charge in [-0.15, -0.1) is 0 Å². The molecule has 0 spiro atoms. The van der Waals surface area contributed by atoms with Crippen LogP contribution in [0.15, 0.2) is 18.2 Å². The van der Waals surface area contributed by atoms with Crippen molar-refractivity contribution in [2.75, 3.05) is 26.0 Å². The normalized spacial score (nSPS) is 11.4. The van der Waals surface area contributed by atoms with Crippen LogP contribution in [0, 0.1) is 18.3 Å². The Labute approximate surface area is 104 Å². The molecule has 0 bridgehead atoms. The molecule has 1 aromatic carbocycles. The third-order valence-corrected chi connectivity index (χ3v) is 3.28. The van der Waals surface area contributed by atoms with E-state index in [1.807, 2.05) is 25.1 Å². The van der Waals surface area contributed by atoms with Gasteiger partial charge in [-0.05, 0) is 58.6 Å². The molecule has 0 aliphatic heterocycles. The summed E-state index contributed by atoms with van der Waals surface area (Å²) in [6.07, 6.45) is 0. The van der Waals surface area contributed by atoms with Gasteiger partial charge < -0.3 is 10.2 Å². The summed E-state index contributed by atoms with van der Waals surface area (Å²) in [5, 5.41) is 12.2. The number of nitrogens with zero attached hydrogens (tertiary/aromatic N) is 2. The van der Waals surface area contributed by atoms with E-state index in [1.165, 1.54) is 0 Å². The minimum atomic E-state index is 0.0976. The summed E-state index contributed by atoms with van der Waals surface area (Å²) in [5.74, 6) is 0. The van der Waals surface area contributed by atoms with E-state index in [9.17, 15) is 0 Å². The van der Waals surface area contributed by atoms with Crippen LogP contribution in [0.25, 0.3) is 0 Å². The van der Waals surface area contributed by atoms with Crippen molar-refractivity contribution in [3.63, 3.8) is 0 Å². The van der Waals surface area contributed by atoms with Gasteiger partial charge in [-0.1, -0.05) is 0 Å². The fourth-order valence-electron chi connectivity index (χ4n) is 1.40. The summed E-state index contributed by atoms with van der Waals surface area (Å²) in [6, 6.07) is 7.87. The minimum Gasteiger partial charge on any atom is -0.383 e. The first-order valence-electron chi connectivity index (χ1n) is 5.79. The van der Waals surface area contributed by atoms with Crippen molar-refractivity contribution < 1.29 is 0 Å². The molecule has 0 radical (unpaired) electrons. The van der Waals surface area contributed by atoms with Crippen molar-refractivity contribution in [2.45, 2.75) is 26.3 Å². The molecule has 0 amide bonds. The molecule has 0 atom stereocenters. The van der Waals surface area contributed by atoms with Crippen molar-refractivity contribution in [1.29, 1.82) is 5.26 Å². The van der Waals surface area contributed by atoms with Crippen LogP contribution in [0.2, 0.25) is 0 Å². The van der Waals surface area contributed by atoms with Crippen LogP contribution in [0.3, 0.4) is 0 Å². The van der Waals surface area contributed by atoms with Crippen LogP contribution in [0.1, 0.15) is 25.0 Å². The standard InChI is InChI=1S/C14H21N3/c1-11-8-12(9-15)6-7-13(11)16-10-14(2,3)17(4)5/h6-8,16H,10H2,1-5H3. The van der Waals surface area contributed by atoms with Crippen LogP contribution >= 0.6 is 0 Å². The van der Waals surface area contributed by atoms with E-state index in [2.05, 4.69) is 44.2 Å². The number of aryl methyl sites for hydroxylation is 1. The Morgan fingerprint density at radius 3 is 2.47 bits per heavy atom. The molecule has 0 aliphatic rings. The highest BCUT2D eigenvalue weighted by Gasteiger charge is 2.19. The van der Waals surface area contributed by atoms with E-state index in [4.69, 9.17) is 5.26 Å². The molecule has 0 saturated carbocycles. The quantitative estimate of drug-likeness (QED) is 0.865. The maximum Gasteiger partial charge on any atom is 0.0991 e. The van der Waals surface area contributed by atoms with Gasteiger partial charge in [0.1, 0.15) is 0 Å². The lowest BCUT2D eigenvalue weighted by Crippen LogP contribution is -2.44. The first-order chi connectivity index (χ1) is 7.86. The lowest BCUT2D eigenvalue weighted by atomic mass is 10.0. The third kappa shape index (κ3) is 3.47. The van der Waals surface area contributed by atoms with Crippen LogP contribution in [0.4, 0.5) is 5.69 Å². The predicted octanol–water partition coefficient (Wildman–Crippen LogP) is 2.62. The summed E-state index contributed by atoms with van der Waals surface area (Å²) in [4.78, 5) is 2.19. The summed E-state index contributed by atoms with van der Waals surface area (Å²) >= 11 is 0. The van der Waals surface area contributed by atoms with E-state index in [1.54, 1.807) is 0 Å². The molecule has 0 saturated heterocycles. The van der Waals surface area contributed by atoms with Crippen molar-refractivity contribution in [2.24, 2.45) is 0 Å². The maximum absolute atomic E-state index is 8.81. The molecule has 0 fully saturated rings.